The summed E-state index contributed by atoms with van der Waals surface area (Å²) in [5.74, 6) is 2.11. The Morgan fingerprint density at radius 2 is 1.33 bits per heavy atom. The molecule has 0 atom stereocenters. The Labute approximate surface area is 97.3 Å². The van der Waals surface area contributed by atoms with Crippen molar-refractivity contribution in [3.8, 4) is 23.0 Å². The molecule has 4 nitrogen and oxygen atoms in total. The predicted octanol–water partition coefficient (Wildman–Crippen LogP) is 0.893. The summed E-state index contributed by atoms with van der Waals surface area (Å²) in [5, 5.41) is 0. The van der Waals surface area contributed by atoms with Gasteiger partial charge >= 0.3 is 96.9 Å². The summed E-state index contributed by atoms with van der Waals surface area (Å²) >= 11 is 3.84. The van der Waals surface area contributed by atoms with Crippen LogP contribution in [0, 0.1) is 0 Å². The van der Waals surface area contributed by atoms with E-state index in [1.165, 1.54) is 0 Å². The molecule has 0 N–H and O–H groups in total. The van der Waals surface area contributed by atoms with E-state index in [1.807, 2.05) is 0 Å². The molecule has 5 heteroatoms. The fraction of sp³-hybridized carbons (Fsp3) is 0.400. The summed E-state index contributed by atoms with van der Waals surface area (Å²) in [6.45, 7) is 0. The molecule has 0 spiro atoms. The van der Waals surface area contributed by atoms with Gasteiger partial charge in [0, 0.05) is 0 Å². The predicted molar refractivity (Wildman–Crippen MR) is 52.3 cm³/mol. The second-order valence-electron chi connectivity index (χ2n) is 2.65. The molecule has 0 aliphatic carbocycles. The second kappa shape index (κ2) is 5.14. The number of hydrogen-bond acceptors (Lipinski definition) is 4. The molecule has 0 saturated carbocycles. The average Bonchev–Trinajstić information content (AvgIpc) is 2.27. The molecular weight excluding hydrogens is 240 g/mol. The fourth-order valence-electron chi connectivity index (χ4n) is 1.28. The van der Waals surface area contributed by atoms with Crippen LogP contribution in [0.4, 0.5) is 0 Å². The Balaban J connectivity index is 3.44. The SMILES string of the molecule is COc1c[c]([Fe+2])c(OC)c(OC)c1OC. The van der Waals surface area contributed by atoms with E-state index in [0.29, 0.717) is 27.5 Å². The molecule has 0 amide bonds. The fourth-order valence-corrected chi connectivity index (χ4v) is 1.66. The van der Waals surface area contributed by atoms with Crippen molar-refractivity contribution in [2.24, 2.45) is 0 Å². The van der Waals surface area contributed by atoms with Crippen LogP contribution in [-0.4, -0.2) is 28.4 Å². The second-order valence-corrected chi connectivity index (χ2v) is 3.24. The van der Waals surface area contributed by atoms with E-state index in [-0.39, 0.29) is 0 Å². The molecule has 0 aromatic heterocycles. The molecule has 0 aliphatic heterocycles. The van der Waals surface area contributed by atoms with Crippen LogP contribution in [0.25, 0.3) is 0 Å². The van der Waals surface area contributed by atoms with Crippen molar-refractivity contribution in [1.29, 1.82) is 0 Å². The van der Waals surface area contributed by atoms with Gasteiger partial charge in [0.05, 0.1) is 0 Å². The van der Waals surface area contributed by atoms with Gasteiger partial charge in [0.2, 0.25) is 0 Å². The zero-order valence-corrected chi connectivity index (χ0v) is 10.2. The van der Waals surface area contributed by atoms with Crippen molar-refractivity contribution in [1.82, 2.24) is 0 Å². The van der Waals surface area contributed by atoms with E-state index in [9.17, 15) is 0 Å². The van der Waals surface area contributed by atoms with Gasteiger partial charge in [0.15, 0.2) is 0 Å². The first-order chi connectivity index (χ1) is 7.19. The van der Waals surface area contributed by atoms with E-state index in [4.69, 9.17) is 18.9 Å². The summed E-state index contributed by atoms with van der Waals surface area (Å²) in [6, 6.07) is 1.74. The monoisotopic (exact) mass is 253 g/mol. The Bertz CT molecular complexity index is 352. The number of rotatable bonds is 4. The van der Waals surface area contributed by atoms with Crippen LogP contribution in [-0.2, 0) is 16.0 Å². The molecule has 0 aliphatic rings. The zero-order chi connectivity index (χ0) is 11.4. The van der Waals surface area contributed by atoms with E-state index in [0.717, 1.165) is 0 Å². The molecule has 1 aromatic rings. The molecule has 0 fully saturated rings. The molecule has 83 valence electrons. The Morgan fingerprint density at radius 1 is 0.800 bits per heavy atom. The van der Waals surface area contributed by atoms with Crippen LogP contribution in [0.15, 0.2) is 6.07 Å². The van der Waals surface area contributed by atoms with Gasteiger partial charge in [-0.15, -0.1) is 0 Å². The standard InChI is InChI=1S/C10H13O4.Fe/c1-11-7-5-6-8(12-2)10(14-4)9(7)13-3;/h5H,1-4H3;/q;+2. The third kappa shape index (κ3) is 2.13. The Morgan fingerprint density at radius 3 is 1.73 bits per heavy atom. The van der Waals surface area contributed by atoms with E-state index in [1.54, 1.807) is 34.5 Å². The number of ether oxygens (including phenoxy) is 4. The Hall–Kier alpha value is -1.06. The van der Waals surface area contributed by atoms with Crippen molar-refractivity contribution in [3.05, 3.63) is 6.07 Å². The van der Waals surface area contributed by atoms with Gasteiger partial charge in [0.1, 0.15) is 0 Å². The molecule has 15 heavy (non-hydrogen) atoms. The molecule has 1 aromatic carbocycles. The normalized spacial score (nSPS) is 9.60. The van der Waals surface area contributed by atoms with Crippen molar-refractivity contribution in [2.45, 2.75) is 0 Å². The molecule has 0 saturated heterocycles. The van der Waals surface area contributed by atoms with Crippen LogP contribution in [0.3, 0.4) is 0 Å². The van der Waals surface area contributed by atoms with Gasteiger partial charge in [-0.1, -0.05) is 0 Å². The number of methoxy groups -OCH3 is 4. The first-order valence-corrected chi connectivity index (χ1v) is 4.76. The van der Waals surface area contributed by atoms with E-state index >= 15 is 0 Å². The van der Waals surface area contributed by atoms with Gasteiger partial charge < -0.3 is 0 Å². The van der Waals surface area contributed by atoms with Crippen LogP contribution in [0.2, 0.25) is 0 Å². The quantitative estimate of drug-likeness (QED) is 0.747. The van der Waals surface area contributed by atoms with Crippen molar-refractivity contribution < 1.29 is 35.0 Å². The average molecular weight is 253 g/mol. The van der Waals surface area contributed by atoms with E-state index in [2.05, 4.69) is 16.0 Å². The molecule has 0 unspecified atom stereocenters. The maximum absolute atomic E-state index is 5.21. The maximum atomic E-state index is 5.21. The molecule has 1 rings (SSSR count). The van der Waals surface area contributed by atoms with Crippen molar-refractivity contribution >= 4 is 4.46 Å². The number of hydrogen-bond donors (Lipinski definition) is 0. The molecular formula is C10H13FeO4+2. The van der Waals surface area contributed by atoms with Crippen LogP contribution < -0.4 is 23.4 Å². The third-order valence-electron chi connectivity index (χ3n) is 1.93. The summed E-state index contributed by atoms with van der Waals surface area (Å²) in [4.78, 5) is 0. The topological polar surface area (TPSA) is 36.9 Å². The molecule has 0 bridgehead atoms. The first-order valence-electron chi connectivity index (χ1n) is 4.20. The van der Waals surface area contributed by atoms with Crippen LogP contribution in [0.5, 0.6) is 23.0 Å². The van der Waals surface area contributed by atoms with Crippen LogP contribution in [0.1, 0.15) is 0 Å². The zero-order valence-electron chi connectivity index (χ0n) is 9.06. The molecule has 0 heterocycles. The van der Waals surface area contributed by atoms with Gasteiger partial charge in [0.25, 0.3) is 0 Å². The minimum absolute atomic E-state index is 0.490. The van der Waals surface area contributed by atoms with Crippen molar-refractivity contribution in [2.75, 3.05) is 28.4 Å². The van der Waals surface area contributed by atoms with Crippen LogP contribution >= 0.6 is 0 Å². The summed E-state index contributed by atoms with van der Waals surface area (Å²) in [7, 11) is 6.20. The van der Waals surface area contributed by atoms with Gasteiger partial charge in [-0.3, -0.25) is 0 Å². The minimum atomic E-state index is 0.490. The molecule has 0 radical (unpaired) electrons. The van der Waals surface area contributed by atoms with E-state index < -0.39 is 0 Å². The number of benzene rings is 1. The summed E-state index contributed by atoms with van der Waals surface area (Å²) < 4.78 is 21.4. The summed E-state index contributed by atoms with van der Waals surface area (Å²) in [5.41, 5.74) is 0. The Kier molecular flexibility index (Phi) is 4.12. The van der Waals surface area contributed by atoms with Gasteiger partial charge in [-0.2, -0.15) is 0 Å². The summed E-state index contributed by atoms with van der Waals surface area (Å²) in [6.07, 6.45) is 0. The van der Waals surface area contributed by atoms with Gasteiger partial charge in [-0.25, -0.2) is 0 Å². The van der Waals surface area contributed by atoms with Gasteiger partial charge in [-0.05, 0) is 0 Å². The first kappa shape index (κ1) is 12.0. The van der Waals surface area contributed by atoms with Crippen molar-refractivity contribution in [3.63, 3.8) is 0 Å². The third-order valence-corrected chi connectivity index (χ3v) is 2.34.